The van der Waals surface area contributed by atoms with Crippen molar-refractivity contribution in [1.82, 2.24) is 0 Å². The van der Waals surface area contributed by atoms with E-state index in [2.05, 4.69) is 0 Å². The molecule has 2 heteroatoms. The van der Waals surface area contributed by atoms with Crippen molar-refractivity contribution in [3.63, 3.8) is 0 Å². The van der Waals surface area contributed by atoms with Crippen LogP contribution in [0.3, 0.4) is 0 Å². The van der Waals surface area contributed by atoms with Gasteiger partial charge in [-0.15, -0.1) is 0 Å². The lowest BCUT2D eigenvalue weighted by Crippen LogP contribution is -2.05. The highest BCUT2D eigenvalue weighted by Crippen LogP contribution is 2.14. The Balaban J connectivity index is 2.21. The molecule has 0 spiro atoms. The molecule has 0 radical (unpaired) electrons. The van der Waals surface area contributed by atoms with E-state index in [-0.39, 0.29) is 5.78 Å². The molecule has 16 heavy (non-hydrogen) atoms. The minimum Gasteiger partial charge on any atom is -0.469 e. The maximum absolute atomic E-state index is 12.0. The lowest BCUT2D eigenvalue weighted by molar-refractivity contribution is 0.0986. The van der Waals surface area contributed by atoms with Crippen LogP contribution in [0.5, 0.6) is 0 Å². The molecule has 0 saturated heterocycles. The zero-order chi connectivity index (χ0) is 11.5. The zero-order valence-electron chi connectivity index (χ0n) is 9.49. The van der Waals surface area contributed by atoms with E-state index < -0.39 is 0 Å². The van der Waals surface area contributed by atoms with E-state index in [0.717, 1.165) is 11.1 Å². The van der Waals surface area contributed by atoms with E-state index in [4.69, 9.17) is 4.42 Å². The smallest absolute Gasteiger partial charge is 0.170 e. The lowest BCUT2D eigenvalue weighted by atomic mass is 10.00. The molecule has 0 bridgehead atoms. The first-order valence-corrected chi connectivity index (χ1v) is 5.29. The standard InChI is InChI=1S/C14H14O2/c1-10-5-6-13(11(2)8-10)14(15)9-12-4-3-7-16-12/h3-8H,9H2,1-2H3. The van der Waals surface area contributed by atoms with Crippen LogP contribution in [0.1, 0.15) is 27.2 Å². The number of ketones is 1. The van der Waals surface area contributed by atoms with Crippen LogP contribution in [-0.2, 0) is 6.42 Å². The number of benzene rings is 1. The molecule has 0 fully saturated rings. The predicted octanol–water partition coefficient (Wildman–Crippen LogP) is 3.32. The minimum absolute atomic E-state index is 0.104. The number of hydrogen-bond donors (Lipinski definition) is 0. The molecule has 1 heterocycles. The molecule has 0 saturated carbocycles. The Morgan fingerprint density at radius 2 is 2.06 bits per heavy atom. The van der Waals surface area contributed by atoms with Gasteiger partial charge >= 0.3 is 0 Å². The highest BCUT2D eigenvalue weighted by atomic mass is 16.3. The average molecular weight is 214 g/mol. The fourth-order valence-corrected chi connectivity index (χ4v) is 1.79. The molecule has 2 nitrogen and oxygen atoms in total. The summed E-state index contributed by atoms with van der Waals surface area (Å²) in [6.07, 6.45) is 1.92. The quantitative estimate of drug-likeness (QED) is 0.734. The first kappa shape index (κ1) is 10.7. The summed E-state index contributed by atoms with van der Waals surface area (Å²) in [4.78, 5) is 12.0. The van der Waals surface area contributed by atoms with Gasteiger partial charge in [0.2, 0.25) is 0 Å². The van der Waals surface area contributed by atoms with Gasteiger partial charge < -0.3 is 4.42 Å². The maximum atomic E-state index is 12.0. The van der Waals surface area contributed by atoms with Gasteiger partial charge in [-0.05, 0) is 31.5 Å². The second-order valence-electron chi connectivity index (χ2n) is 4.00. The third-order valence-corrected chi connectivity index (χ3v) is 2.60. The summed E-state index contributed by atoms with van der Waals surface area (Å²) in [5.74, 6) is 0.817. The van der Waals surface area contributed by atoms with Crippen molar-refractivity contribution in [2.45, 2.75) is 20.3 Å². The summed E-state index contributed by atoms with van der Waals surface area (Å²) in [6, 6.07) is 9.49. The number of Topliss-reactive ketones (excluding diaryl/α,β-unsaturated/α-hetero) is 1. The molecule has 0 atom stereocenters. The maximum Gasteiger partial charge on any atom is 0.170 e. The topological polar surface area (TPSA) is 30.2 Å². The summed E-state index contributed by atoms with van der Waals surface area (Å²) in [7, 11) is 0. The second-order valence-corrected chi connectivity index (χ2v) is 4.00. The van der Waals surface area contributed by atoms with Gasteiger partial charge in [0.05, 0.1) is 12.7 Å². The molecule has 0 N–H and O–H groups in total. The minimum atomic E-state index is 0.104. The van der Waals surface area contributed by atoms with E-state index in [1.165, 1.54) is 5.56 Å². The van der Waals surface area contributed by atoms with E-state index >= 15 is 0 Å². The summed E-state index contributed by atoms with van der Waals surface area (Å²) in [6.45, 7) is 3.98. The molecule has 0 aliphatic carbocycles. The van der Waals surface area contributed by atoms with Crippen molar-refractivity contribution >= 4 is 5.78 Å². The fourth-order valence-electron chi connectivity index (χ4n) is 1.79. The van der Waals surface area contributed by atoms with Gasteiger partial charge in [-0.1, -0.05) is 23.8 Å². The van der Waals surface area contributed by atoms with Crippen LogP contribution in [0.15, 0.2) is 41.0 Å². The van der Waals surface area contributed by atoms with E-state index in [0.29, 0.717) is 12.2 Å². The molecule has 0 unspecified atom stereocenters. The molecule has 0 amide bonds. The van der Waals surface area contributed by atoms with Crippen molar-refractivity contribution in [3.8, 4) is 0 Å². The summed E-state index contributed by atoms with van der Waals surface area (Å²) < 4.78 is 5.17. The molecule has 82 valence electrons. The normalized spacial score (nSPS) is 10.4. The molecule has 1 aromatic heterocycles. The third-order valence-electron chi connectivity index (χ3n) is 2.60. The summed E-state index contributed by atoms with van der Waals surface area (Å²) >= 11 is 0. The van der Waals surface area contributed by atoms with E-state index in [1.54, 1.807) is 12.3 Å². The average Bonchev–Trinajstić information content (AvgIpc) is 2.70. The van der Waals surface area contributed by atoms with E-state index in [9.17, 15) is 4.79 Å². The molecule has 2 aromatic rings. The van der Waals surface area contributed by atoms with Crippen molar-refractivity contribution < 1.29 is 9.21 Å². The van der Waals surface area contributed by atoms with Gasteiger partial charge in [0.1, 0.15) is 5.76 Å². The Kier molecular flexibility index (Phi) is 2.91. The van der Waals surface area contributed by atoms with Gasteiger partial charge in [0.15, 0.2) is 5.78 Å². The van der Waals surface area contributed by atoms with Crippen LogP contribution in [0, 0.1) is 13.8 Å². The predicted molar refractivity (Wildman–Crippen MR) is 62.7 cm³/mol. The van der Waals surface area contributed by atoms with E-state index in [1.807, 2.05) is 38.1 Å². The molecule has 0 aliphatic rings. The molecule has 1 aromatic carbocycles. The van der Waals surface area contributed by atoms with Crippen LogP contribution in [0.4, 0.5) is 0 Å². The van der Waals surface area contributed by atoms with Gasteiger partial charge in [-0.3, -0.25) is 4.79 Å². The Morgan fingerprint density at radius 1 is 1.25 bits per heavy atom. The largest absolute Gasteiger partial charge is 0.469 e. The number of aryl methyl sites for hydroxylation is 2. The fraction of sp³-hybridized carbons (Fsp3) is 0.214. The highest BCUT2D eigenvalue weighted by Gasteiger charge is 2.11. The molecular weight excluding hydrogens is 200 g/mol. The molecular formula is C14H14O2. The molecule has 2 rings (SSSR count). The number of hydrogen-bond acceptors (Lipinski definition) is 2. The summed E-state index contributed by atoms with van der Waals surface area (Å²) in [5, 5.41) is 0. The van der Waals surface area contributed by atoms with Gasteiger partial charge in [0, 0.05) is 5.56 Å². The Hall–Kier alpha value is -1.83. The van der Waals surface area contributed by atoms with Crippen LogP contribution in [0.25, 0.3) is 0 Å². The monoisotopic (exact) mass is 214 g/mol. The van der Waals surface area contributed by atoms with Gasteiger partial charge in [0.25, 0.3) is 0 Å². The Labute approximate surface area is 94.9 Å². The van der Waals surface area contributed by atoms with Gasteiger partial charge in [-0.25, -0.2) is 0 Å². The van der Waals surface area contributed by atoms with Gasteiger partial charge in [-0.2, -0.15) is 0 Å². The van der Waals surface area contributed by atoms with Crippen LogP contribution in [0.2, 0.25) is 0 Å². The van der Waals surface area contributed by atoms with Crippen LogP contribution >= 0.6 is 0 Å². The Morgan fingerprint density at radius 3 is 2.69 bits per heavy atom. The number of furan rings is 1. The number of carbonyl (C=O) groups excluding carboxylic acids is 1. The van der Waals surface area contributed by atoms with Crippen LogP contribution < -0.4 is 0 Å². The number of rotatable bonds is 3. The SMILES string of the molecule is Cc1ccc(C(=O)Cc2ccco2)c(C)c1. The lowest BCUT2D eigenvalue weighted by Gasteiger charge is -2.04. The number of carbonyl (C=O) groups is 1. The molecule has 0 aliphatic heterocycles. The first-order chi connectivity index (χ1) is 7.66. The highest BCUT2D eigenvalue weighted by molar-refractivity contribution is 5.98. The third kappa shape index (κ3) is 2.22. The summed E-state index contributed by atoms with van der Waals surface area (Å²) in [5.41, 5.74) is 2.98. The zero-order valence-corrected chi connectivity index (χ0v) is 9.49. The second kappa shape index (κ2) is 4.35. The Bertz CT molecular complexity index is 495. The van der Waals surface area contributed by atoms with Crippen LogP contribution in [-0.4, -0.2) is 5.78 Å². The van der Waals surface area contributed by atoms with Crippen molar-refractivity contribution in [2.24, 2.45) is 0 Å². The van der Waals surface area contributed by atoms with Crippen molar-refractivity contribution in [3.05, 3.63) is 59.0 Å². The van der Waals surface area contributed by atoms with Crippen molar-refractivity contribution in [1.29, 1.82) is 0 Å². The first-order valence-electron chi connectivity index (χ1n) is 5.29. The van der Waals surface area contributed by atoms with Crippen molar-refractivity contribution in [2.75, 3.05) is 0 Å².